The molecule has 1 fully saturated rings. The lowest BCUT2D eigenvalue weighted by atomic mass is 10.1. The molecular formula is C11H18N3O3P. The smallest absolute Gasteiger partial charge is 0.325 e. The van der Waals surface area contributed by atoms with Gasteiger partial charge < -0.3 is 20.3 Å². The first-order chi connectivity index (χ1) is 8.52. The van der Waals surface area contributed by atoms with Crippen LogP contribution in [0.15, 0.2) is 23.9 Å². The zero-order chi connectivity index (χ0) is 13.3. The van der Waals surface area contributed by atoms with E-state index in [4.69, 9.17) is 15.0 Å². The number of nitrogens with zero attached hydrogens (tertiary/aromatic N) is 1. The maximum atomic E-state index is 11.9. The van der Waals surface area contributed by atoms with E-state index < -0.39 is 6.17 Å². The Bertz CT molecular complexity index is 399. The number of hydrogen-bond acceptors (Lipinski definition) is 4. The van der Waals surface area contributed by atoms with Crippen molar-refractivity contribution < 1.29 is 14.1 Å². The summed E-state index contributed by atoms with van der Waals surface area (Å²) < 4.78 is 10.7. The molecule has 0 aromatic rings. The Labute approximate surface area is 108 Å². The highest BCUT2D eigenvalue weighted by atomic mass is 31.0. The van der Waals surface area contributed by atoms with Gasteiger partial charge in [0.1, 0.15) is 18.5 Å². The van der Waals surface area contributed by atoms with E-state index in [0.29, 0.717) is 13.0 Å². The van der Waals surface area contributed by atoms with Crippen LogP contribution in [0.2, 0.25) is 0 Å². The van der Waals surface area contributed by atoms with Gasteiger partial charge in [0.25, 0.3) is 0 Å². The van der Waals surface area contributed by atoms with Crippen molar-refractivity contribution in [2.45, 2.75) is 31.8 Å². The van der Waals surface area contributed by atoms with Crippen molar-refractivity contribution in [3.8, 4) is 0 Å². The van der Waals surface area contributed by atoms with E-state index in [1.165, 1.54) is 4.90 Å². The van der Waals surface area contributed by atoms with Gasteiger partial charge in [-0.15, -0.1) is 0 Å². The Morgan fingerprint density at radius 2 is 2.50 bits per heavy atom. The summed E-state index contributed by atoms with van der Waals surface area (Å²) in [5.41, 5.74) is 7.53. The number of amides is 2. The fourth-order valence-electron chi connectivity index (χ4n) is 1.99. The number of ether oxygens (including phenoxy) is 1. The topological polar surface area (TPSA) is 76.8 Å². The van der Waals surface area contributed by atoms with Crippen LogP contribution < -0.4 is 11.1 Å². The van der Waals surface area contributed by atoms with Crippen LogP contribution >= 0.6 is 9.47 Å². The van der Waals surface area contributed by atoms with E-state index in [-0.39, 0.29) is 18.4 Å². The van der Waals surface area contributed by atoms with Crippen molar-refractivity contribution in [2.24, 2.45) is 5.73 Å². The molecule has 100 valence electrons. The van der Waals surface area contributed by atoms with Crippen molar-refractivity contribution >= 4 is 15.5 Å². The number of urea groups is 1. The van der Waals surface area contributed by atoms with Gasteiger partial charge >= 0.3 is 6.03 Å². The molecule has 7 heteroatoms. The van der Waals surface area contributed by atoms with Crippen LogP contribution in [-0.4, -0.2) is 36.0 Å². The summed E-state index contributed by atoms with van der Waals surface area (Å²) in [7, 11) is 2.18. The molecule has 2 aliphatic heterocycles. The van der Waals surface area contributed by atoms with Gasteiger partial charge in [-0.2, -0.15) is 0 Å². The molecule has 0 saturated carbocycles. The first kappa shape index (κ1) is 13.5. The predicted octanol–water partition coefficient (Wildman–Crippen LogP) is 0.678. The molecule has 0 spiro atoms. The van der Waals surface area contributed by atoms with Gasteiger partial charge in [-0.05, 0) is 18.1 Å². The number of nitrogens with two attached hydrogens (primary N) is 1. The lowest BCUT2D eigenvalue weighted by Crippen LogP contribution is -2.54. The lowest BCUT2D eigenvalue weighted by molar-refractivity contribution is -0.0274. The third-order valence-corrected chi connectivity index (χ3v) is 3.31. The maximum absolute atomic E-state index is 11.9. The molecule has 0 bridgehead atoms. The largest absolute Gasteiger partial charge is 0.363 e. The summed E-state index contributed by atoms with van der Waals surface area (Å²) in [5, 5.41) is 2.67. The fraction of sp³-hybridized carbons (Fsp3) is 0.545. The second kappa shape index (κ2) is 5.36. The fourth-order valence-corrected chi connectivity index (χ4v) is 2.17. The van der Waals surface area contributed by atoms with Crippen molar-refractivity contribution in [2.75, 3.05) is 6.61 Å². The lowest BCUT2D eigenvalue weighted by Gasteiger charge is -2.32. The van der Waals surface area contributed by atoms with E-state index in [0.717, 1.165) is 11.1 Å². The zero-order valence-corrected chi connectivity index (χ0v) is 11.4. The Kier molecular flexibility index (Phi) is 4.02. The normalized spacial score (nSPS) is 32.5. The molecule has 0 radical (unpaired) electrons. The molecule has 4 atom stereocenters. The Hall–Kier alpha value is -0.940. The molecule has 2 rings (SSSR count). The van der Waals surface area contributed by atoms with Crippen LogP contribution in [0.25, 0.3) is 0 Å². The van der Waals surface area contributed by atoms with Gasteiger partial charge in [0.2, 0.25) is 0 Å². The maximum Gasteiger partial charge on any atom is 0.325 e. The van der Waals surface area contributed by atoms with Crippen molar-refractivity contribution in [1.29, 1.82) is 0 Å². The summed E-state index contributed by atoms with van der Waals surface area (Å²) in [5.74, 6) is 0. The molecule has 2 aliphatic rings. The predicted molar refractivity (Wildman–Crippen MR) is 70.2 cm³/mol. The molecule has 2 unspecified atom stereocenters. The van der Waals surface area contributed by atoms with Crippen LogP contribution in [-0.2, 0) is 9.26 Å². The molecule has 3 N–H and O–H groups in total. The second-order valence-corrected chi connectivity index (χ2v) is 4.82. The van der Waals surface area contributed by atoms with E-state index in [9.17, 15) is 4.79 Å². The van der Waals surface area contributed by atoms with Gasteiger partial charge in [-0.3, -0.25) is 4.90 Å². The molecule has 18 heavy (non-hydrogen) atoms. The second-order valence-electron chi connectivity index (χ2n) is 4.48. The molecule has 6 nitrogen and oxygen atoms in total. The standard InChI is InChI=1S/C11H18N3O3P/c1-6-3-9(17-8(6)5-16-18)14-4-7(2)10(12)13-11(14)15/h4,8-10H,1,3,5,12,18H2,2H3,(H,13,15)/t8-,9-,10?/m1/s1. The Balaban J connectivity index is 2.09. The summed E-state index contributed by atoms with van der Waals surface area (Å²) in [6.45, 7) is 6.22. The third-order valence-electron chi connectivity index (χ3n) is 3.12. The quantitative estimate of drug-likeness (QED) is 0.584. The molecule has 0 aromatic heterocycles. The third kappa shape index (κ3) is 2.57. The Morgan fingerprint density at radius 1 is 1.78 bits per heavy atom. The number of rotatable bonds is 3. The summed E-state index contributed by atoms with van der Waals surface area (Å²) in [6, 6.07) is -0.252. The van der Waals surface area contributed by atoms with Gasteiger partial charge in [0, 0.05) is 22.1 Å². The minimum absolute atomic E-state index is 0.176. The summed E-state index contributed by atoms with van der Waals surface area (Å²) >= 11 is 0. The van der Waals surface area contributed by atoms with Gasteiger partial charge in [-0.1, -0.05) is 6.58 Å². The summed E-state index contributed by atoms with van der Waals surface area (Å²) in [4.78, 5) is 13.4. The van der Waals surface area contributed by atoms with Crippen molar-refractivity contribution in [1.82, 2.24) is 10.2 Å². The van der Waals surface area contributed by atoms with Crippen LogP contribution in [0.1, 0.15) is 13.3 Å². The molecule has 2 amide bonds. The molecule has 1 saturated heterocycles. The van der Waals surface area contributed by atoms with Gasteiger partial charge in [0.05, 0.1) is 6.61 Å². The van der Waals surface area contributed by atoms with E-state index in [1.807, 2.05) is 6.92 Å². The van der Waals surface area contributed by atoms with Crippen molar-refractivity contribution in [3.05, 3.63) is 23.9 Å². The van der Waals surface area contributed by atoms with E-state index >= 15 is 0 Å². The van der Waals surface area contributed by atoms with Crippen LogP contribution in [0, 0.1) is 0 Å². The monoisotopic (exact) mass is 271 g/mol. The van der Waals surface area contributed by atoms with Crippen LogP contribution in [0.4, 0.5) is 4.79 Å². The van der Waals surface area contributed by atoms with Gasteiger partial charge in [0.15, 0.2) is 0 Å². The molecule has 2 heterocycles. The highest BCUT2D eigenvalue weighted by molar-refractivity contribution is 7.09. The first-order valence-electron chi connectivity index (χ1n) is 5.70. The number of carbonyl (C=O) groups is 1. The van der Waals surface area contributed by atoms with Gasteiger partial charge in [-0.25, -0.2) is 4.79 Å². The minimum atomic E-state index is -0.426. The molecular weight excluding hydrogens is 253 g/mol. The molecule has 0 aromatic carbocycles. The first-order valence-corrected chi connectivity index (χ1v) is 6.17. The summed E-state index contributed by atoms with van der Waals surface area (Å²) in [6.07, 6.45) is 1.38. The van der Waals surface area contributed by atoms with Crippen LogP contribution in [0.3, 0.4) is 0 Å². The Morgan fingerprint density at radius 3 is 3.17 bits per heavy atom. The highest BCUT2D eigenvalue weighted by Crippen LogP contribution is 2.29. The highest BCUT2D eigenvalue weighted by Gasteiger charge is 2.36. The van der Waals surface area contributed by atoms with Crippen LogP contribution in [0.5, 0.6) is 0 Å². The SMILES string of the molecule is C=C1C[C@H](N2C=C(C)C(N)NC2=O)O[C@@H]1COP. The van der Waals surface area contributed by atoms with E-state index in [1.54, 1.807) is 6.20 Å². The molecule has 0 aliphatic carbocycles. The minimum Gasteiger partial charge on any atom is -0.363 e. The number of nitrogens with one attached hydrogen (secondary N) is 1. The zero-order valence-electron chi connectivity index (χ0n) is 10.3. The average Bonchev–Trinajstić information content (AvgIpc) is 2.66. The van der Waals surface area contributed by atoms with E-state index in [2.05, 4.69) is 21.4 Å². The number of carbonyl (C=O) groups excluding carboxylic acids is 1. The average molecular weight is 271 g/mol. The van der Waals surface area contributed by atoms with Crippen molar-refractivity contribution in [3.63, 3.8) is 0 Å². The number of hydrogen-bond donors (Lipinski definition) is 2.